The highest BCUT2D eigenvalue weighted by atomic mass is 16.2. The lowest BCUT2D eigenvalue weighted by atomic mass is 9.74. The van der Waals surface area contributed by atoms with Crippen LogP contribution in [-0.2, 0) is 7.05 Å². The molecule has 3 atom stereocenters. The zero-order chi connectivity index (χ0) is 13.4. The molecule has 3 rings (SSSR count). The van der Waals surface area contributed by atoms with Crippen molar-refractivity contribution in [1.82, 2.24) is 14.7 Å². The van der Waals surface area contributed by atoms with Gasteiger partial charge in [-0.05, 0) is 43.9 Å². The lowest BCUT2D eigenvalue weighted by Crippen LogP contribution is -2.50. The summed E-state index contributed by atoms with van der Waals surface area (Å²) in [6.07, 6.45) is 9.71. The minimum absolute atomic E-state index is 0.178. The van der Waals surface area contributed by atoms with Gasteiger partial charge in [-0.1, -0.05) is 6.92 Å². The summed E-state index contributed by atoms with van der Waals surface area (Å²) in [7, 11) is 1.86. The number of fused-ring (bicyclic) bond motifs is 1. The average Bonchev–Trinajstić information content (AvgIpc) is 2.83. The quantitative estimate of drug-likeness (QED) is 0.779. The number of hydrogen-bond donors (Lipinski definition) is 0. The molecule has 2 heterocycles. The van der Waals surface area contributed by atoms with E-state index in [9.17, 15) is 4.79 Å². The van der Waals surface area contributed by atoms with Gasteiger partial charge in [-0.25, -0.2) is 0 Å². The fraction of sp³-hybridized carbons (Fsp3) is 0.733. The second-order valence-electron chi connectivity index (χ2n) is 6.29. The predicted molar refractivity (Wildman–Crippen MR) is 73.8 cm³/mol. The first-order valence-electron chi connectivity index (χ1n) is 7.45. The molecule has 1 aromatic heterocycles. The van der Waals surface area contributed by atoms with Gasteiger partial charge in [0.25, 0.3) is 5.91 Å². The summed E-state index contributed by atoms with van der Waals surface area (Å²) in [5.41, 5.74) is 0.738. The normalized spacial score (nSPS) is 31.1. The van der Waals surface area contributed by atoms with Gasteiger partial charge in [0, 0.05) is 25.8 Å². The number of aromatic nitrogens is 2. The van der Waals surface area contributed by atoms with E-state index >= 15 is 0 Å². The van der Waals surface area contributed by atoms with Gasteiger partial charge in [0.1, 0.15) is 0 Å². The van der Waals surface area contributed by atoms with Gasteiger partial charge in [0.05, 0.1) is 11.8 Å². The molecule has 0 aromatic carbocycles. The topological polar surface area (TPSA) is 38.1 Å². The molecule has 104 valence electrons. The summed E-state index contributed by atoms with van der Waals surface area (Å²) < 4.78 is 1.71. The molecule has 0 unspecified atom stereocenters. The van der Waals surface area contributed by atoms with Crippen LogP contribution in [0.25, 0.3) is 0 Å². The van der Waals surface area contributed by atoms with E-state index < -0.39 is 0 Å². The van der Waals surface area contributed by atoms with Gasteiger partial charge in [-0.2, -0.15) is 5.10 Å². The van der Waals surface area contributed by atoms with Crippen molar-refractivity contribution in [3.63, 3.8) is 0 Å². The summed E-state index contributed by atoms with van der Waals surface area (Å²) in [6.45, 7) is 3.27. The van der Waals surface area contributed by atoms with Crippen LogP contribution in [0, 0.1) is 11.8 Å². The number of carbonyl (C=O) groups is 1. The van der Waals surface area contributed by atoms with Crippen LogP contribution in [0.15, 0.2) is 12.4 Å². The molecule has 2 aliphatic rings. The monoisotopic (exact) mass is 261 g/mol. The van der Waals surface area contributed by atoms with Crippen molar-refractivity contribution in [3.8, 4) is 0 Å². The van der Waals surface area contributed by atoms with Gasteiger partial charge >= 0.3 is 0 Å². The van der Waals surface area contributed by atoms with E-state index in [2.05, 4.69) is 16.9 Å². The molecule has 1 aromatic rings. The number of aryl methyl sites for hydroxylation is 1. The molecule has 4 nitrogen and oxygen atoms in total. The van der Waals surface area contributed by atoms with Crippen molar-refractivity contribution in [2.75, 3.05) is 6.54 Å². The first-order valence-corrected chi connectivity index (χ1v) is 7.45. The van der Waals surface area contributed by atoms with E-state index in [0.717, 1.165) is 30.4 Å². The molecule has 1 saturated heterocycles. The van der Waals surface area contributed by atoms with Gasteiger partial charge < -0.3 is 4.90 Å². The van der Waals surface area contributed by atoms with E-state index in [4.69, 9.17) is 0 Å². The summed E-state index contributed by atoms with van der Waals surface area (Å²) in [5.74, 6) is 1.73. The second-order valence-corrected chi connectivity index (χ2v) is 6.29. The first-order chi connectivity index (χ1) is 9.15. The number of rotatable bonds is 1. The number of amides is 1. The number of piperidine rings is 1. The van der Waals surface area contributed by atoms with E-state index in [1.54, 1.807) is 10.9 Å². The Balaban J connectivity index is 1.78. The first kappa shape index (κ1) is 12.7. The van der Waals surface area contributed by atoms with Crippen molar-refractivity contribution >= 4 is 5.91 Å². The molecule has 1 aliphatic heterocycles. The number of nitrogens with zero attached hydrogens (tertiary/aromatic N) is 3. The Morgan fingerprint density at radius 1 is 1.37 bits per heavy atom. The standard InChI is InChI=1S/C15H23N3O/c1-11-5-6-14-12(8-11)4-3-7-18(14)15(19)13-9-16-17(2)10-13/h9-12,14H,3-8H2,1-2H3/t11-,12-,14+/m1/s1. The van der Waals surface area contributed by atoms with Crippen LogP contribution < -0.4 is 0 Å². The third-order valence-corrected chi connectivity index (χ3v) is 4.79. The minimum atomic E-state index is 0.178. The van der Waals surface area contributed by atoms with Gasteiger partial charge in [-0.3, -0.25) is 9.48 Å². The predicted octanol–water partition coefficient (Wildman–Crippen LogP) is 2.46. The molecule has 2 fully saturated rings. The lowest BCUT2D eigenvalue weighted by Gasteiger charge is -2.45. The fourth-order valence-corrected chi connectivity index (χ4v) is 3.84. The van der Waals surface area contributed by atoms with Crippen LogP contribution in [-0.4, -0.2) is 33.2 Å². The maximum absolute atomic E-state index is 12.6. The molecule has 1 amide bonds. The summed E-state index contributed by atoms with van der Waals surface area (Å²) in [5, 5.41) is 4.12. The molecule has 0 radical (unpaired) electrons. The van der Waals surface area contributed by atoms with Crippen molar-refractivity contribution in [1.29, 1.82) is 0 Å². The molecule has 4 heteroatoms. The zero-order valence-corrected chi connectivity index (χ0v) is 11.9. The Bertz CT molecular complexity index is 468. The zero-order valence-electron chi connectivity index (χ0n) is 11.9. The summed E-state index contributed by atoms with van der Waals surface area (Å²) >= 11 is 0. The molecular formula is C15H23N3O. The molecule has 0 spiro atoms. The third kappa shape index (κ3) is 2.40. The van der Waals surface area contributed by atoms with Crippen molar-refractivity contribution < 1.29 is 4.79 Å². The van der Waals surface area contributed by atoms with E-state index in [1.807, 2.05) is 13.2 Å². The van der Waals surface area contributed by atoms with Crippen LogP contribution in [0.3, 0.4) is 0 Å². The van der Waals surface area contributed by atoms with Crippen LogP contribution >= 0.6 is 0 Å². The van der Waals surface area contributed by atoms with E-state index in [0.29, 0.717) is 6.04 Å². The maximum atomic E-state index is 12.6. The van der Waals surface area contributed by atoms with Crippen LogP contribution in [0.1, 0.15) is 49.4 Å². The summed E-state index contributed by atoms with van der Waals surface area (Å²) in [6, 6.07) is 0.470. The molecule has 0 N–H and O–H groups in total. The van der Waals surface area contributed by atoms with Crippen molar-refractivity contribution in [3.05, 3.63) is 18.0 Å². The van der Waals surface area contributed by atoms with E-state index in [-0.39, 0.29) is 5.91 Å². The molecule has 1 saturated carbocycles. The highest BCUT2D eigenvalue weighted by Crippen LogP contribution is 2.38. The number of hydrogen-bond acceptors (Lipinski definition) is 2. The molecule has 1 aliphatic carbocycles. The Labute approximate surface area is 114 Å². The van der Waals surface area contributed by atoms with E-state index in [1.165, 1.54) is 25.7 Å². The van der Waals surface area contributed by atoms with Gasteiger partial charge in [-0.15, -0.1) is 0 Å². The highest BCUT2D eigenvalue weighted by Gasteiger charge is 2.37. The molecule has 19 heavy (non-hydrogen) atoms. The second kappa shape index (κ2) is 4.99. The highest BCUT2D eigenvalue weighted by molar-refractivity contribution is 5.94. The number of likely N-dealkylation sites (tertiary alicyclic amines) is 1. The van der Waals surface area contributed by atoms with Crippen LogP contribution in [0.5, 0.6) is 0 Å². The number of carbonyl (C=O) groups excluding carboxylic acids is 1. The fourth-order valence-electron chi connectivity index (χ4n) is 3.84. The van der Waals surface area contributed by atoms with Crippen LogP contribution in [0.2, 0.25) is 0 Å². The average molecular weight is 261 g/mol. The van der Waals surface area contributed by atoms with Gasteiger partial charge in [0.2, 0.25) is 0 Å². The molecular weight excluding hydrogens is 238 g/mol. The van der Waals surface area contributed by atoms with Crippen LogP contribution in [0.4, 0.5) is 0 Å². The SMILES string of the molecule is C[C@@H]1CC[C@H]2[C@H](CCCN2C(=O)c2cnn(C)c2)C1. The lowest BCUT2D eigenvalue weighted by molar-refractivity contribution is 0.0322. The minimum Gasteiger partial charge on any atom is -0.335 e. The van der Waals surface area contributed by atoms with Gasteiger partial charge in [0.15, 0.2) is 0 Å². The Kier molecular flexibility index (Phi) is 3.33. The molecule has 0 bridgehead atoms. The third-order valence-electron chi connectivity index (χ3n) is 4.79. The van der Waals surface area contributed by atoms with Crippen molar-refractivity contribution in [2.24, 2.45) is 18.9 Å². The summed E-state index contributed by atoms with van der Waals surface area (Å²) in [4.78, 5) is 14.7. The Hall–Kier alpha value is -1.32. The Morgan fingerprint density at radius 3 is 2.95 bits per heavy atom. The smallest absolute Gasteiger partial charge is 0.257 e. The largest absolute Gasteiger partial charge is 0.335 e. The maximum Gasteiger partial charge on any atom is 0.257 e. The van der Waals surface area contributed by atoms with Crippen molar-refractivity contribution in [2.45, 2.75) is 45.1 Å². The Morgan fingerprint density at radius 2 is 2.21 bits per heavy atom.